The smallest absolute Gasteiger partial charge is 0.338 e. The van der Waals surface area contributed by atoms with Crippen molar-refractivity contribution in [3.8, 4) is 0 Å². The van der Waals surface area contributed by atoms with Crippen LogP contribution < -0.4 is 5.56 Å². The highest BCUT2D eigenvalue weighted by molar-refractivity contribution is 9.10. The minimum absolute atomic E-state index is 0.0583. The van der Waals surface area contributed by atoms with E-state index >= 15 is 0 Å². The van der Waals surface area contributed by atoms with E-state index in [1.807, 2.05) is 25.1 Å². The van der Waals surface area contributed by atoms with Gasteiger partial charge in [-0.2, -0.15) is 0 Å². The van der Waals surface area contributed by atoms with Gasteiger partial charge in [0.15, 0.2) is 12.4 Å². The van der Waals surface area contributed by atoms with E-state index in [0.717, 1.165) is 10.0 Å². The average Bonchev–Trinajstić information content (AvgIpc) is 3.09. The van der Waals surface area contributed by atoms with Crippen LogP contribution in [0.5, 0.6) is 0 Å². The standard InChI is InChI=1S/C19H15BrN4O3/c1-11-3-8-15-14(9-11)17(25)23(2)19-22-21-16(24(15)19)10-27-18(26)12-4-6-13(20)7-5-12/h3-9H,10H2,1-2H3. The van der Waals surface area contributed by atoms with E-state index in [0.29, 0.717) is 28.1 Å². The second-order valence-corrected chi connectivity index (χ2v) is 7.14. The molecule has 2 aromatic heterocycles. The second-order valence-electron chi connectivity index (χ2n) is 6.22. The largest absolute Gasteiger partial charge is 0.454 e. The maximum atomic E-state index is 12.6. The lowest BCUT2D eigenvalue weighted by Gasteiger charge is -2.09. The third kappa shape index (κ3) is 3.02. The van der Waals surface area contributed by atoms with Gasteiger partial charge in [-0.3, -0.25) is 13.8 Å². The Balaban J connectivity index is 1.74. The van der Waals surface area contributed by atoms with Crippen molar-refractivity contribution in [2.45, 2.75) is 13.5 Å². The number of halogens is 1. The molecular weight excluding hydrogens is 412 g/mol. The van der Waals surface area contributed by atoms with E-state index in [4.69, 9.17) is 4.74 Å². The highest BCUT2D eigenvalue weighted by atomic mass is 79.9. The SMILES string of the molecule is Cc1ccc2c(c1)c(=O)n(C)c1nnc(COC(=O)c3ccc(Br)cc3)n21. The molecule has 2 aromatic carbocycles. The fourth-order valence-corrected chi connectivity index (χ4v) is 3.22. The Morgan fingerprint density at radius 2 is 1.89 bits per heavy atom. The van der Waals surface area contributed by atoms with Crippen LogP contribution in [0.2, 0.25) is 0 Å². The maximum absolute atomic E-state index is 12.6. The summed E-state index contributed by atoms with van der Waals surface area (Å²) in [5.74, 6) is 0.384. The fourth-order valence-electron chi connectivity index (χ4n) is 2.95. The molecule has 0 fully saturated rings. The first-order valence-corrected chi connectivity index (χ1v) is 9.01. The molecule has 0 aliphatic carbocycles. The maximum Gasteiger partial charge on any atom is 0.338 e. The average molecular weight is 427 g/mol. The van der Waals surface area contributed by atoms with Gasteiger partial charge in [0.1, 0.15) is 0 Å². The number of carbonyl (C=O) groups excluding carboxylic acids is 1. The zero-order chi connectivity index (χ0) is 19.1. The summed E-state index contributed by atoms with van der Waals surface area (Å²) in [4.78, 5) is 24.8. The summed E-state index contributed by atoms with van der Waals surface area (Å²) in [6.07, 6.45) is 0. The van der Waals surface area contributed by atoms with Gasteiger partial charge in [0.25, 0.3) is 5.56 Å². The van der Waals surface area contributed by atoms with Crippen LogP contribution in [-0.4, -0.2) is 25.1 Å². The first kappa shape index (κ1) is 17.4. The molecule has 0 radical (unpaired) electrons. The Morgan fingerprint density at radius 3 is 2.63 bits per heavy atom. The number of fused-ring (bicyclic) bond motifs is 3. The number of carbonyl (C=O) groups is 1. The van der Waals surface area contributed by atoms with E-state index in [1.54, 1.807) is 35.7 Å². The number of hydrogen-bond donors (Lipinski definition) is 0. The second kappa shape index (κ2) is 6.62. The summed E-state index contributed by atoms with van der Waals surface area (Å²) in [6.45, 7) is 1.87. The molecule has 8 heteroatoms. The molecule has 0 atom stereocenters. The highest BCUT2D eigenvalue weighted by Crippen LogP contribution is 2.17. The van der Waals surface area contributed by atoms with Crippen molar-refractivity contribution >= 4 is 38.6 Å². The predicted molar refractivity (Wildman–Crippen MR) is 104 cm³/mol. The summed E-state index contributed by atoms with van der Waals surface area (Å²) in [6, 6.07) is 12.5. The molecule has 0 spiro atoms. The molecule has 7 nitrogen and oxygen atoms in total. The molecule has 27 heavy (non-hydrogen) atoms. The molecule has 0 saturated heterocycles. The van der Waals surface area contributed by atoms with Gasteiger partial charge in [-0.1, -0.05) is 27.6 Å². The van der Waals surface area contributed by atoms with Crippen LogP contribution in [0.1, 0.15) is 21.7 Å². The summed E-state index contributed by atoms with van der Waals surface area (Å²) >= 11 is 3.33. The molecule has 4 aromatic rings. The van der Waals surface area contributed by atoms with Crippen molar-refractivity contribution in [3.05, 3.63) is 74.2 Å². The summed E-state index contributed by atoms with van der Waals surface area (Å²) < 4.78 is 9.46. The van der Waals surface area contributed by atoms with Crippen molar-refractivity contribution in [1.29, 1.82) is 0 Å². The Hall–Kier alpha value is -3.00. The molecule has 0 aliphatic heterocycles. The Morgan fingerprint density at radius 1 is 1.15 bits per heavy atom. The van der Waals surface area contributed by atoms with Gasteiger partial charge < -0.3 is 4.74 Å². The van der Waals surface area contributed by atoms with Crippen molar-refractivity contribution in [3.63, 3.8) is 0 Å². The Labute approximate surface area is 162 Å². The lowest BCUT2D eigenvalue weighted by molar-refractivity contribution is 0.0461. The molecule has 0 amide bonds. The minimum atomic E-state index is -0.454. The first-order chi connectivity index (χ1) is 13.0. The number of esters is 1. The number of aromatic nitrogens is 4. The van der Waals surface area contributed by atoms with Crippen molar-refractivity contribution < 1.29 is 9.53 Å². The molecular formula is C19H15BrN4O3. The summed E-state index contributed by atoms with van der Waals surface area (Å²) in [7, 11) is 1.64. The third-order valence-corrected chi connectivity index (χ3v) is 4.88. The zero-order valence-electron chi connectivity index (χ0n) is 14.6. The van der Waals surface area contributed by atoms with Crippen molar-refractivity contribution in [1.82, 2.24) is 19.2 Å². The number of ether oxygens (including phenoxy) is 1. The number of nitrogens with zero attached hydrogens (tertiary/aromatic N) is 4. The van der Waals surface area contributed by atoms with Crippen LogP contribution in [0.25, 0.3) is 16.7 Å². The quantitative estimate of drug-likeness (QED) is 0.470. The van der Waals surface area contributed by atoms with E-state index in [2.05, 4.69) is 26.1 Å². The van der Waals surface area contributed by atoms with E-state index in [1.165, 1.54) is 4.57 Å². The normalized spacial score (nSPS) is 11.2. The van der Waals surface area contributed by atoms with E-state index in [-0.39, 0.29) is 12.2 Å². The molecule has 136 valence electrons. The van der Waals surface area contributed by atoms with Gasteiger partial charge in [0.2, 0.25) is 5.78 Å². The van der Waals surface area contributed by atoms with Crippen LogP contribution in [0.15, 0.2) is 51.7 Å². The van der Waals surface area contributed by atoms with Gasteiger partial charge in [-0.05, 0) is 43.3 Å². The fraction of sp³-hybridized carbons (Fsp3) is 0.158. The topological polar surface area (TPSA) is 78.5 Å². The molecule has 2 heterocycles. The monoisotopic (exact) mass is 426 g/mol. The Bertz CT molecular complexity index is 1240. The highest BCUT2D eigenvalue weighted by Gasteiger charge is 2.16. The number of rotatable bonds is 3. The van der Waals surface area contributed by atoms with Crippen molar-refractivity contribution in [2.24, 2.45) is 7.05 Å². The van der Waals surface area contributed by atoms with Gasteiger partial charge in [-0.25, -0.2) is 4.79 Å². The van der Waals surface area contributed by atoms with Gasteiger partial charge in [0.05, 0.1) is 16.5 Å². The van der Waals surface area contributed by atoms with Gasteiger partial charge in [0, 0.05) is 11.5 Å². The van der Waals surface area contributed by atoms with Crippen LogP contribution in [0, 0.1) is 6.92 Å². The van der Waals surface area contributed by atoms with E-state index < -0.39 is 5.97 Å². The van der Waals surface area contributed by atoms with Crippen LogP contribution in [0.4, 0.5) is 0 Å². The van der Waals surface area contributed by atoms with Crippen molar-refractivity contribution in [2.75, 3.05) is 0 Å². The summed E-state index contributed by atoms with van der Waals surface area (Å²) in [5, 5.41) is 8.77. The summed E-state index contributed by atoms with van der Waals surface area (Å²) in [5.41, 5.74) is 1.96. The first-order valence-electron chi connectivity index (χ1n) is 8.22. The van der Waals surface area contributed by atoms with Crippen LogP contribution >= 0.6 is 15.9 Å². The molecule has 0 unspecified atom stereocenters. The van der Waals surface area contributed by atoms with Gasteiger partial charge in [-0.15, -0.1) is 10.2 Å². The number of hydrogen-bond acceptors (Lipinski definition) is 5. The Kier molecular flexibility index (Phi) is 4.27. The molecule has 0 bridgehead atoms. The number of aryl methyl sites for hydroxylation is 2. The molecule has 0 N–H and O–H groups in total. The zero-order valence-corrected chi connectivity index (χ0v) is 16.2. The third-order valence-electron chi connectivity index (χ3n) is 4.35. The molecule has 4 rings (SSSR count). The molecule has 0 aliphatic rings. The van der Waals surface area contributed by atoms with Gasteiger partial charge >= 0.3 is 5.97 Å². The van der Waals surface area contributed by atoms with E-state index in [9.17, 15) is 9.59 Å². The number of benzene rings is 2. The van der Waals surface area contributed by atoms with Crippen LogP contribution in [-0.2, 0) is 18.4 Å². The lowest BCUT2D eigenvalue weighted by Crippen LogP contribution is -2.20. The molecule has 0 saturated carbocycles. The minimum Gasteiger partial charge on any atom is -0.454 e. The van der Waals surface area contributed by atoms with Crippen LogP contribution in [0.3, 0.4) is 0 Å². The predicted octanol–water partition coefficient (Wildman–Crippen LogP) is 3.01. The lowest BCUT2D eigenvalue weighted by atomic mass is 10.1.